The molecule has 22 heavy (non-hydrogen) atoms. The lowest BCUT2D eigenvalue weighted by atomic mass is 9.97. The predicted molar refractivity (Wildman–Crippen MR) is 77.1 cm³/mol. The summed E-state index contributed by atoms with van der Waals surface area (Å²) in [6.45, 7) is 1.48. The number of aromatic nitrogens is 1. The van der Waals surface area contributed by atoms with Crippen molar-refractivity contribution in [2.75, 3.05) is 0 Å². The summed E-state index contributed by atoms with van der Waals surface area (Å²) in [6.07, 6.45) is 1.56. The van der Waals surface area contributed by atoms with Gasteiger partial charge in [-0.25, -0.2) is 9.18 Å². The maximum atomic E-state index is 13.7. The summed E-state index contributed by atoms with van der Waals surface area (Å²) in [4.78, 5) is 29.9. The number of carbonyl (C=O) groups is 2. The summed E-state index contributed by atoms with van der Waals surface area (Å²) < 4.78 is 13.7. The summed E-state index contributed by atoms with van der Waals surface area (Å²) in [5.41, 5.74) is -0.496. The van der Waals surface area contributed by atoms with E-state index in [4.69, 9.17) is 0 Å². The number of urea groups is 1. The van der Waals surface area contributed by atoms with Gasteiger partial charge < -0.3 is 5.32 Å². The second-order valence-corrected chi connectivity index (χ2v) is 5.25. The van der Waals surface area contributed by atoms with Crippen LogP contribution in [0.2, 0.25) is 0 Å². The van der Waals surface area contributed by atoms with Gasteiger partial charge in [-0.15, -0.1) is 0 Å². The molecule has 0 saturated carbocycles. The van der Waals surface area contributed by atoms with Gasteiger partial charge >= 0.3 is 6.03 Å². The molecule has 1 saturated heterocycles. The Kier molecular flexibility index (Phi) is 3.36. The smallest absolute Gasteiger partial charge is 0.318 e. The molecule has 1 atom stereocenters. The van der Waals surface area contributed by atoms with Crippen molar-refractivity contribution < 1.29 is 14.0 Å². The highest BCUT2D eigenvalue weighted by atomic mass is 19.1. The molecule has 3 amide bonds. The summed E-state index contributed by atoms with van der Waals surface area (Å²) in [7, 11) is 0. The summed E-state index contributed by atoms with van der Waals surface area (Å²) in [5.74, 6) is -0.894. The molecule has 3 rings (SSSR count). The van der Waals surface area contributed by atoms with Crippen LogP contribution in [-0.2, 0) is 16.9 Å². The first-order valence-electron chi connectivity index (χ1n) is 6.81. The zero-order chi connectivity index (χ0) is 15.7. The average Bonchev–Trinajstić information content (AvgIpc) is 2.75. The molecule has 1 aliphatic heterocycles. The fourth-order valence-electron chi connectivity index (χ4n) is 2.47. The molecule has 0 spiro atoms. The van der Waals surface area contributed by atoms with Crippen molar-refractivity contribution in [3.05, 3.63) is 65.7 Å². The zero-order valence-electron chi connectivity index (χ0n) is 11.9. The zero-order valence-corrected chi connectivity index (χ0v) is 11.9. The highest BCUT2D eigenvalue weighted by molar-refractivity contribution is 6.06. The number of benzene rings is 1. The van der Waals surface area contributed by atoms with Crippen molar-refractivity contribution in [2.24, 2.45) is 0 Å². The van der Waals surface area contributed by atoms with E-state index in [9.17, 15) is 14.0 Å². The largest absolute Gasteiger partial charge is 0.325 e. The molecule has 2 aromatic rings. The Hall–Kier alpha value is -2.76. The Morgan fingerprint density at radius 3 is 2.59 bits per heavy atom. The third kappa shape index (κ3) is 2.22. The van der Waals surface area contributed by atoms with Gasteiger partial charge in [-0.1, -0.05) is 24.3 Å². The van der Waals surface area contributed by atoms with Gasteiger partial charge in [0.05, 0.1) is 12.2 Å². The van der Waals surface area contributed by atoms with Crippen LogP contribution in [0.4, 0.5) is 9.18 Å². The third-order valence-electron chi connectivity index (χ3n) is 3.74. The van der Waals surface area contributed by atoms with E-state index >= 15 is 0 Å². The van der Waals surface area contributed by atoms with Crippen molar-refractivity contribution in [3.8, 4) is 0 Å². The van der Waals surface area contributed by atoms with Gasteiger partial charge in [-0.05, 0) is 25.1 Å². The molecule has 0 radical (unpaired) electrons. The quantitative estimate of drug-likeness (QED) is 0.884. The summed E-state index contributed by atoms with van der Waals surface area (Å²) in [6, 6.07) is 10.7. The Morgan fingerprint density at radius 1 is 1.18 bits per heavy atom. The lowest BCUT2D eigenvalue weighted by Gasteiger charge is -2.21. The topological polar surface area (TPSA) is 62.3 Å². The van der Waals surface area contributed by atoms with E-state index in [2.05, 4.69) is 10.3 Å². The van der Waals surface area contributed by atoms with E-state index < -0.39 is 23.3 Å². The summed E-state index contributed by atoms with van der Waals surface area (Å²) in [5, 5.41) is 2.64. The van der Waals surface area contributed by atoms with E-state index in [1.54, 1.807) is 49.5 Å². The minimum atomic E-state index is -1.23. The Bertz CT molecular complexity index is 735. The van der Waals surface area contributed by atoms with Crippen molar-refractivity contribution in [2.45, 2.75) is 19.0 Å². The molecule has 5 nitrogen and oxygen atoms in total. The number of pyridine rings is 1. The lowest BCUT2D eigenvalue weighted by Crippen LogP contribution is -2.41. The van der Waals surface area contributed by atoms with Crippen LogP contribution in [0.3, 0.4) is 0 Å². The maximum Gasteiger partial charge on any atom is 0.325 e. The first-order chi connectivity index (χ1) is 10.5. The molecule has 6 heteroatoms. The number of amides is 3. The molecule has 1 aromatic carbocycles. The third-order valence-corrected chi connectivity index (χ3v) is 3.74. The second-order valence-electron chi connectivity index (χ2n) is 5.25. The van der Waals surface area contributed by atoms with Gasteiger partial charge in [0, 0.05) is 11.8 Å². The first-order valence-corrected chi connectivity index (χ1v) is 6.81. The first kappa shape index (κ1) is 14.2. The van der Waals surface area contributed by atoms with Crippen molar-refractivity contribution in [1.82, 2.24) is 15.2 Å². The second kappa shape index (κ2) is 5.22. The van der Waals surface area contributed by atoms with Gasteiger partial charge in [0.25, 0.3) is 5.91 Å². The summed E-state index contributed by atoms with van der Waals surface area (Å²) >= 11 is 0. The van der Waals surface area contributed by atoms with E-state index in [1.165, 1.54) is 6.07 Å². The molecular formula is C16H14FN3O2. The molecule has 1 fully saturated rings. The number of hydrogen-bond acceptors (Lipinski definition) is 3. The van der Waals surface area contributed by atoms with Crippen LogP contribution in [0.25, 0.3) is 0 Å². The van der Waals surface area contributed by atoms with Crippen LogP contribution in [0.15, 0.2) is 48.7 Å². The number of halogens is 1. The normalized spacial score (nSPS) is 21.1. The lowest BCUT2D eigenvalue weighted by molar-refractivity contribution is -0.131. The molecule has 112 valence electrons. The number of carbonyl (C=O) groups excluding carboxylic acids is 2. The van der Waals surface area contributed by atoms with Gasteiger partial charge in [-0.3, -0.25) is 14.7 Å². The molecule has 0 bridgehead atoms. The Balaban J connectivity index is 1.91. The minimum absolute atomic E-state index is 0.111. The van der Waals surface area contributed by atoms with Crippen LogP contribution in [0, 0.1) is 5.82 Å². The molecule has 2 heterocycles. The number of nitrogens with one attached hydrogen (secondary N) is 1. The van der Waals surface area contributed by atoms with E-state index in [0.29, 0.717) is 5.69 Å². The molecular weight excluding hydrogens is 285 g/mol. The monoisotopic (exact) mass is 299 g/mol. The highest BCUT2D eigenvalue weighted by Gasteiger charge is 2.49. The number of rotatable bonds is 3. The standard InChI is InChI=1S/C16H14FN3O2/c1-16(13-8-4-5-9-18-13)14(21)20(15(22)19-16)10-11-6-2-3-7-12(11)17/h2-9H,10H2,1H3,(H,19,22)/t16-/m1/s1. The van der Waals surface area contributed by atoms with Crippen LogP contribution >= 0.6 is 0 Å². The molecule has 1 aliphatic rings. The van der Waals surface area contributed by atoms with E-state index in [-0.39, 0.29) is 12.1 Å². The molecule has 1 N–H and O–H groups in total. The van der Waals surface area contributed by atoms with Gasteiger partial charge in [-0.2, -0.15) is 0 Å². The minimum Gasteiger partial charge on any atom is -0.318 e. The number of nitrogens with zero attached hydrogens (tertiary/aromatic N) is 2. The molecule has 1 aromatic heterocycles. The van der Waals surface area contributed by atoms with Crippen molar-refractivity contribution in [1.29, 1.82) is 0 Å². The fourth-order valence-corrected chi connectivity index (χ4v) is 2.47. The average molecular weight is 299 g/mol. The van der Waals surface area contributed by atoms with Crippen molar-refractivity contribution >= 4 is 11.9 Å². The fraction of sp³-hybridized carbons (Fsp3) is 0.188. The Labute approximate surface area is 126 Å². The van der Waals surface area contributed by atoms with Crippen molar-refractivity contribution in [3.63, 3.8) is 0 Å². The van der Waals surface area contributed by atoms with Crippen LogP contribution < -0.4 is 5.32 Å². The van der Waals surface area contributed by atoms with Gasteiger partial charge in [0.2, 0.25) is 0 Å². The Morgan fingerprint density at radius 2 is 1.91 bits per heavy atom. The molecule has 0 aliphatic carbocycles. The number of imide groups is 1. The highest BCUT2D eigenvalue weighted by Crippen LogP contribution is 2.28. The number of hydrogen-bond donors (Lipinski definition) is 1. The van der Waals surface area contributed by atoms with Crippen LogP contribution in [0.1, 0.15) is 18.2 Å². The van der Waals surface area contributed by atoms with Gasteiger partial charge in [0.1, 0.15) is 5.82 Å². The van der Waals surface area contributed by atoms with Gasteiger partial charge in [0.15, 0.2) is 5.54 Å². The maximum absolute atomic E-state index is 13.7. The van der Waals surface area contributed by atoms with Crippen LogP contribution in [0.5, 0.6) is 0 Å². The predicted octanol–water partition coefficient (Wildman–Crippen LogP) is 2.19. The molecule has 0 unspecified atom stereocenters. The van der Waals surface area contributed by atoms with E-state index in [1.807, 2.05) is 0 Å². The SMILES string of the molecule is C[C@]1(c2ccccn2)NC(=O)N(Cc2ccccc2F)C1=O. The van der Waals surface area contributed by atoms with E-state index in [0.717, 1.165) is 4.90 Å². The van der Waals surface area contributed by atoms with Crippen LogP contribution in [-0.4, -0.2) is 21.8 Å².